The molecule has 1 saturated heterocycles. The van der Waals surface area contributed by atoms with Gasteiger partial charge in [-0.05, 0) is 31.4 Å². The number of amides is 1. The van der Waals surface area contributed by atoms with E-state index >= 15 is 0 Å². The van der Waals surface area contributed by atoms with E-state index in [2.05, 4.69) is 10.3 Å². The minimum Gasteiger partial charge on any atom is -0.339 e. The average molecular weight is 392 g/mol. The first-order chi connectivity index (χ1) is 12.8. The number of hydrogen-bond acceptors (Lipinski definition) is 5. The van der Waals surface area contributed by atoms with Gasteiger partial charge in [-0.15, -0.1) is 5.10 Å². The van der Waals surface area contributed by atoms with E-state index < -0.39 is 16.1 Å². The van der Waals surface area contributed by atoms with Crippen LogP contribution in [-0.2, 0) is 21.5 Å². The number of piperidine rings is 1. The first kappa shape index (κ1) is 19.5. The summed E-state index contributed by atoms with van der Waals surface area (Å²) in [5.74, 6) is -0.512. The molecule has 0 saturated carbocycles. The van der Waals surface area contributed by atoms with Gasteiger partial charge in [0.05, 0.1) is 24.3 Å². The van der Waals surface area contributed by atoms with Gasteiger partial charge in [0.15, 0.2) is 0 Å². The molecule has 0 spiro atoms. The third-order valence-corrected chi connectivity index (χ3v) is 5.82. The highest BCUT2D eigenvalue weighted by atomic mass is 32.2. The van der Waals surface area contributed by atoms with Crippen molar-refractivity contribution in [1.29, 1.82) is 0 Å². The van der Waals surface area contributed by atoms with E-state index in [4.69, 9.17) is 5.14 Å². The van der Waals surface area contributed by atoms with Crippen molar-refractivity contribution in [2.45, 2.75) is 26.3 Å². The number of hydrogen-bond donors (Lipinski definition) is 1. The molecule has 2 heterocycles. The molecular weight excluding hydrogens is 368 g/mol. The maximum atomic E-state index is 12.7. The van der Waals surface area contributed by atoms with Crippen molar-refractivity contribution < 1.29 is 13.2 Å². The highest BCUT2D eigenvalue weighted by Crippen LogP contribution is 2.20. The molecule has 1 atom stereocenters. The van der Waals surface area contributed by atoms with Gasteiger partial charge in [-0.25, -0.2) is 9.82 Å². The van der Waals surface area contributed by atoms with Crippen molar-refractivity contribution in [1.82, 2.24) is 24.2 Å². The van der Waals surface area contributed by atoms with Crippen LogP contribution in [0.25, 0.3) is 5.69 Å². The quantitative estimate of drug-likeness (QED) is 0.793. The highest BCUT2D eigenvalue weighted by Gasteiger charge is 2.32. The molecule has 10 heteroatoms. The number of aromatic nitrogens is 3. The van der Waals surface area contributed by atoms with E-state index in [-0.39, 0.29) is 12.5 Å². The summed E-state index contributed by atoms with van der Waals surface area (Å²) >= 11 is 0. The lowest BCUT2D eigenvalue weighted by Gasteiger charge is -2.31. The summed E-state index contributed by atoms with van der Waals surface area (Å²) in [7, 11) is -2.09. The zero-order valence-corrected chi connectivity index (χ0v) is 16.3. The van der Waals surface area contributed by atoms with E-state index in [1.807, 2.05) is 31.2 Å². The van der Waals surface area contributed by atoms with Crippen molar-refractivity contribution >= 4 is 16.1 Å². The van der Waals surface area contributed by atoms with Crippen LogP contribution >= 0.6 is 0 Å². The van der Waals surface area contributed by atoms with Gasteiger partial charge in [0.1, 0.15) is 5.69 Å². The molecular formula is C17H24N6O3S. The molecule has 2 N–H and O–H groups in total. The summed E-state index contributed by atoms with van der Waals surface area (Å²) in [4.78, 5) is 14.3. The van der Waals surface area contributed by atoms with E-state index in [0.29, 0.717) is 31.6 Å². The van der Waals surface area contributed by atoms with Crippen LogP contribution in [0.15, 0.2) is 30.5 Å². The molecule has 1 unspecified atom stereocenters. The number of carbonyl (C=O) groups is 1. The van der Waals surface area contributed by atoms with Crippen LogP contribution in [0.4, 0.5) is 0 Å². The standard InChI is InChI=1S/C17H24N6O3S/c1-13-6-3-4-8-16(13)23-12-15(19-20-23)11-21(2)17(24)14-7-5-9-22(10-14)27(18,25)26/h3-4,6,8,12,14H,5,7,9-11H2,1-2H3,(H2,18,25,26). The SMILES string of the molecule is Cc1ccccc1-n1cc(CN(C)C(=O)C2CCCN(S(N)(=O)=O)C2)nn1. The Balaban J connectivity index is 1.66. The molecule has 1 aromatic carbocycles. The summed E-state index contributed by atoms with van der Waals surface area (Å²) in [6.45, 7) is 2.78. The normalized spacial score (nSPS) is 18.4. The van der Waals surface area contributed by atoms with Gasteiger partial charge in [0.2, 0.25) is 5.91 Å². The van der Waals surface area contributed by atoms with Crippen molar-refractivity contribution in [2.24, 2.45) is 11.1 Å². The molecule has 1 amide bonds. The third kappa shape index (κ3) is 4.52. The van der Waals surface area contributed by atoms with Crippen molar-refractivity contribution in [3.05, 3.63) is 41.7 Å². The van der Waals surface area contributed by atoms with Gasteiger partial charge in [0.25, 0.3) is 10.2 Å². The van der Waals surface area contributed by atoms with E-state index in [1.54, 1.807) is 22.8 Å². The minimum atomic E-state index is -3.77. The van der Waals surface area contributed by atoms with Gasteiger partial charge in [-0.2, -0.15) is 12.7 Å². The number of aryl methyl sites for hydroxylation is 1. The fraction of sp³-hybridized carbons (Fsp3) is 0.471. The van der Waals surface area contributed by atoms with Crippen molar-refractivity contribution in [2.75, 3.05) is 20.1 Å². The maximum Gasteiger partial charge on any atom is 0.276 e. The zero-order chi connectivity index (χ0) is 19.6. The monoisotopic (exact) mass is 392 g/mol. The zero-order valence-electron chi connectivity index (χ0n) is 15.4. The van der Waals surface area contributed by atoms with Crippen LogP contribution in [0.2, 0.25) is 0 Å². The Labute approximate surface area is 158 Å². The molecule has 1 fully saturated rings. The van der Waals surface area contributed by atoms with Crippen molar-refractivity contribution in [3.63, 3.8) is 0 Å². The van der Waals surface area contributed by atoms with Gasteiger partial charge < -0.3 is 4.90 Å². The fourth-order valence-corrected chi connectivity index (χ4v) is 4.09. The molecule has 1 aromatic heterocycles. The molecule has 9 nitrogen and oxygen atoms in total. The predicted octanol–water partition coefficient (Wildman–Crippen LogP) is 0.450. The average Bonchev–Trinajstić information content (AvgIpc) is 3.09. The molecule has 3 rings (SSSR count). The lowest BCUT2D eigenvalue weighted by Crippen LogP contribution is -2.47. The largest absolute Gasteiger partial charge is 0.339 e. The molecule has 1 aliphatic heterocycles. The summed E-state index contributed by atoms with van der Waals surface area (Å²) in [5, 5.41) is 13.5. The van der Waals surface area contributed by atoms with E-state index in [9.17, 15) is 13.2 Å². The Bertz CT molecular complexity index is 926. The Morgan fingerprint density at radius 2 is 2.11 bits per heavy atom. The first-order valence-corrected chi connectivity index (χ1v) is 10.3. The molecule has 0 bridgehead atoms. The highest BCUT2D eigenvalue weighted by molar-refractivity contribution is 7.86. The molecule has 27 heavy (non-hydrogen) atoms. The smallest absolute Gasteiger partial charge is 0.276 e. The summed E-state index contributed by atoms with van der Waals surface area (Å²) < 4.78 is 25.9. The fourth-order valence-electron chi connectivity index (χ4n) is 3.32. The Kier molecular flexibility index (Phi) is 5.59. The Hall–Kier alpha value is -2.30. The number of nitrogens with zero attached hydrogens (tertiary/aromatic N) is 5. The van der Waals surface area contributed by atoms with Crippen LogP contribution in [-0.4, -0.2) is 58.7 Å². The second-order valence-corrected chi connectivity index (χ2v) is 8.42. The van der Waals surface area contributed by atoms with Crippen LogP contribution in [0.5, 0.6) is 0 Å². The minimum absolute atomic E-state index is 0.117. The van der Waals surface area contributed by atoms with Gasteiger partial charge in [-0.3, -0.25) is 4.79 Å². The molecule has 0 radical (unpaired) electrons. The summed E-state index contributed by atoms with van der Waals surface area (Å²) in [6.07, 6.45) is 3.05. The lowest BCUT2D eigenvalue weighted by atomic mass is 9.98. The third-order valence-electron chi connectivity index (χ3n) is 4.77. The van der Waals surface area contributed by atoms with Crippen LogP contribution in [0.3, 0.4) is 0 Å². The molecule has 0 aliphatic carbocycles. The first-order valence-electron chi connectivity index (χ1n) is 8.76. The van der Waals surface area contributed by atoms with Crippen molar-refractivity contribution in [3.8, 4) is 5.69 Å². The van der Waals surface area contributed by atoms with Crippen LogP contribution in [0.1, 0.15) is 24.1 Å². The number of benzene rings is 1. The second-order valence-electron chi connectivity index (χ2n) is 6.88. The topological polar surface area (TPSA) is 114 Å². The summed E-state index contributed by atoms with van der Waals surface area (Å²) in [6, 6.07) is 7.83. The van der Waals surface area contributed by atoms with E-state index in [1.165, 1.54) is 4.31 Å². The number of para-hydroxylation sites is 1. The number of rotatable bonds is 5. The number of nitrogens with two attached hydrogens (primary N) is 1. The second kappa shape index (κ2) is 7.75. The van der Waals surface area contributed by atoms with Crippen LogP contribution in [0, 0.1) is 12.8 Å². The molecule has 146 valence electrons. The van der Waals surface area contributed by atoms with Gasteiger partial charge >= 0.3 is 0 Å². The van der Waals surface area contributed by atoms with Crippen LogP contribution < -0.4 is 5.14 Å². The summed E-state index contributed by atoms with van der Waals surface area (Å²) in [5.41, 5.74) is 2.66. The Morgan fingerprint density at radius 3 is 2.81 bits per heavy atom. The Morgan fingerprint density at radius 1 is 1.37 bits per heavy atom. The van der Waals surface area contributed by atoms with E-state index in [0.717, 1.165) is 11.3 Å². The molecule has 2 aromatic rings. The molecule has 1 aliphatic rings. The number of carbonyl (C=O) groups excluding carboxylic acids is 1. The maximum absolute atomic E-state index is 12.7. The predicted molar refractivity (Wildman–Crippen MR) is 100.0 cm³/mol. The lowest BCUT2D eigenvalue weighted by molar-refractivity contribution is -0.135. The van der Waals surface area contributed by atoms with Gasteiger partial charge in [-0.1, -0.05) is 23.4 Å². The van der Waals surface area contributed by atoms with Gasteiger partial charge in [0, 0.05) is 20.1 Å².